The van der Waals surface area contributed by atoms with Gasteiger partial charge in [0.05, 0.1) is 6.42 Å². The number of carboxylic acids is 1. The highest BCUT2D eigenvalue weighted by Crippen LogP contribution is 2.29. The molecule has 4 aromatic rings. The van der Waals surface area contributed by atoms with Gasteiger partial charge in [-0.15, -0.1) is 0 Å². The summed E-state index contributed by atoms with van der Waals surface area (Å²) >= 11 is 0. The maximum Gasteiger partial charge on any atom is 0.326 e. The molecule has 0 aliphatic carbocycles. The average molecular weight is 419 g/mol. The van der Waals surface area contributed by atoms with Crippen LogP contribution in [0.25, 0.3) is 21.5 Å². The van der Waals surface area contributed by atoms with Gasteiger partial charge in [0, 0.05) is 12.0 Å². The minimum atomic E-state index is -1.25. The minimum absolute atomic E-state index is 0.0305. The van der Waals surface area contributed by atoms with Gasteiger partial charge in [0.25, 0.3) is 0 Å². The normalized spacial score (nSPS) is 12.1. The molecule has 6 heteroatoms. The van der Waals surface area contributed by atoms with Gasteiger partial charge in [-0.2, -0.15) is 0 Å². The molecular formula is C25H19F2NO3. The van der Waals surface area contributed by atoms with Crippen LogP contribution < -0.4 is 5.32 Å². The van der Waals surface area contributed by atoms with Crippen LogP contribution in [-0.2, 0) is 22.4 Å². The van der Waals surface area contributed by atoms with E-state index in [1.54, 1.807) is 0 Å². The second-order valence-corrected chi connectivity index (χ2v) is 7.34. The molecule has 0 aromatic heterocycles. The molecule has 0 saturated heterocycles. The number of hydrogen-bond acceptors (Lipinski definition) is 2. The summed E-state index contributed by atoms with van der Waals surface area (Å²) in [4.78, 5) is 24.4. The molecule has 4 rings (SSSR count). The van der Waals surface area contributed by atoms with Crippen LogP contribution in [0.2, 0.25) is 0 Å². The first-order valence-electron chi connectivity index (χ1n) is 9.78. The molecule has 0 bridgehead atoms. The Morgan fingerprint density at radius 2 is 1.35 bits per heavy atom. The number of carboxylic acid groups (broad SMARTS) is 1. The Kier molecular flexibility index (Phi) is 5.62. The number of rotatable bonds is 6. The van der Waals surface area contributed by atoms with Gasteiger partial charge in [0.2, 0.25) is 5.91 Å². The van der Waals surface area contributed by atoms with Gasteiger partial charge < -0.3 is 10.4 Å². The van der Waals surface area contributed by atoms with Crippen LogP contribution in [0.5, 0.6) is 0 Å². The molecule has 0 radical (unpaired) electrons. The monoisotopic (exact) mass is 419 g/mol. The molecule has 1 atom stereocenters. The smallest absolute Gasteiger partial charge is 0.326 e. The van der Waals surface area contributed by atoms with Gasteiger partial charge in [-0.25, -0.2) is 13.6 Å². The Morgan fingerprint density at radius 3 is 1.90 bits per heavy atom. The van der Waals surface area contributed by atoms with E-state index in [1.165, 1.54) is 6.07 Å². The predicted molar refractivity (Wildman–Crippen MR) is 115 cm³/mol. The number of aliphatic carboxylic acids is 1. The van der Waals surface area contributed by atoms with Crippen molar-refractivity contribution >= 4 is 33.4 Å². The zero-order valence-corrected chi connectivity index (χ0v) is 16.4. The fourth-order valence-electron chi connectivity index (χ4n) is 3.84. The second-order valence-electron chi connectivity index (χ2n) is 7.34. The highest BCUT2D eigenvalue weighted by Gasteiger charge is 2.24. The van der Waals surface area contributed by atoms with E-state index in [4.69, 9.17) is 0 Å². The molecular weight excluding hydrogens is 400 g/mol. The summed E-state index contributed by atoms with van der Waals surface area (Å²) in [6.45, 7) is 0. The van der Waals surface area contributed by atoms with E-state index in [9.17, 15) is 23.5 Å². The van der Waals surface area contributed by atoms with Crippen molar-refractivity contribution in [2.45, 2.75) is 18.9 Å². The Morgan fingerprint density at radius 1 is 0.806 bits per heavy atom. The third kappa shape index (κ3) is 4.23. The standard InChI is InChI=1S/C25H19F2NO3/c26-21-10-5-11-22(27)20(21)14-24(29)28-23(25(30)31)13-19-17-8-3-1-6-15(17)12-16-7-2-4-9-18(16)19/h1-12,23H,13-14H2,(H,28,29)(H,30,31)/t23-/m0/s1. The number of halogens is 2. The first kappa shape index (κ1) is 20.5. The summed E-state index contributed by atoms with van der Waals surface area (Å²) in [6.07, 6.45) is -0.554. The zero-order chi connectivity index (χ0) is 22.0. The maximum atomic E-state index is 13.9. The van der Waals surface area contributed by atoms with Crippen LogP contribution >= 0.6 is 0 Å². The van der Waals surface area contributed by atoms with Crippen molar-refractivity contribution in [3.8, 4) is 0 Å². The number of nitrogens with one attached hydrogen (secondary N) is 1. The Labute approximate surface area is 177 Å². The lowest BCUT2D eigenvalue weighted by molar-refractivity contribution is -0.141. The molecule has 0 saturated carbocycles. The third-order valence-corrected chi connectivity index (χ3v) is 5.32. The van der Waals surface area contributed by atoms with E-state index < -0.39 is 36.0 Å². The third-order valence-electron chi connectivity index (χ3n) is 5.32. The van der Waals surface area contributed by atoms with E-state index in [2.05, 4.69) is 5.32 Å². The van der Waals surface area contributed by atoms with E-state index in [-0.39, 0.29) is 12.0 Å². The number of fused-ring (bicyclic) bond motifs is 2. The SMILES string of the molecule is O=C(Cc1c(F)cccc1F)N[C@@H](Cc1c2ccccc2cc2ccccc12)C(=O)O. The lowest BCUT2D eigenvalue weighted by atomic mass is 9.92. The van der Waals surface area contributed by atoms with E-state index in [0.29, 0.717) is 0 Å². The molecule has 156 valence electrons. The van der Waals surface area contributed by atoms with Crippen molar-refractivity contribution in [1.82, 2.24) is 5.32 Å². The van der Waals surface area contributed by atoms with Crippen molar-refractivity contribution in [2.24, 2.45) is 0 Å². The number of benzene rings is 4. The highest BCUT2D eigenvalue weighted by molar-refractivity contribution is 6.02. The predicted octanol–water partition coefficient (Wildman–Crippen LogP) is 4.63. The summed E-state index contributed by atoms with van der Waals surface area (Å²) in [5.41, 5.74) is 0.401. The molecule has 0 spiro atoms. The number of amides is 1. The zero-order valence-electron chi connectivity index (χ0n) is 16.4. The molecule has 0 fully saturated rings. The van der Waals surface area contributed by atoms with Crippen molar-refractivity contribution < 1.29 is 23.5 Å². The number of carbonyl (C=O) groups excluding carboxylic acids is 1. The van der Waals surface area contributed by atoms with Crippen molar-refractivity contribution in [2.75, 3.05) is 0 Å². The maximum absolute atomic E-state index is 13.9. The first-order valence-corrected chi connectivity index (χ1v) is 9.78. The Hall–Kier alpha value is -3.80. The lowest BCUT2D eigenvalue weighted by Crippen LogP contribution is -2.43. The van der Waals surface area contributed by atoms with Crippen molar-refractivity contribution in [1.29, 1.82) is 0 Å². The molecule has 0 unspecified atom stereocenters. The largest absolute Gasteiger partial charge is 0.480 e. The van der Waals surface area contributed by atoms with E-state index in [0.717, 1.165) is 39.2 Å². The first-order chi connectivity index (χ1) is 14.9. The Bertz CT molecular complexity index is 1230. The quantitative estimate of drug-likeness (QED) is 0.448. The van der Waals surface area contributed by atoms with Gasteiger partial charge in [0.15, 0.2) is 0 Å². The molecule has 0 aliphatic rings. The number of carbonyl (C=O) groups is 2. The molecule has 0 aliphatic heterocycles. The van der Waals surface area contributed by atoms with E-state index in [1.807, 2.05) is 54.6 Å². The molecule has 2 N–H and O–H groups in total. The lowest BCUT2D eigenvalue weighted by Gasteiger charge is -2.18. The summed E-state index contributed by atoms with van der Waals surface area (Å²) in [5.74, 6) is -3.68. The van der Waals surface area contributed by atoms with Crippen LogP contribution in [-0.4, -0.2) is 23.0 Å². The fourth-order valence-corrected chi connectivity index (χ4v) is 3.84. The van der Waals surface area contributed by atoms with Crippen LogP contribution in [0.3, 0.4) is 0 Å². The topological polar surface area (TPSA) is 66.4 Å². The highest BCUT2D eigenvalue weighted by atomic mass is 19.1. The molecule has 4 nitrogen and oxygen atoms in total. The van der Waals surface area contributed by atoms with Crippen LogP contribution in [0.4, 0.5) is 8.78 Å². The molecule has 1 amide bonds. The second kappa shape index (κ2) is 8.52. The van der Waals surface area contributed by atoms with Gasteiger partial charge in [-0.3, -0.25) is 4.79 Å². The van der Waals surface area contributed by atoms with Gasteiger partial charge in [0.1, 0.15) is 17.7 Å². The van der Waals surface area contributed by atoms with Gasteiger partial charge >= 0.3 is 5.97 Å². The summed E-state index contributed by atoms with van der Waals surface area (Å²) in [6, 6.07) is 19.4. The van der Waals surface area contributed by atoms with Gasteiger partial charge in [-0.05, 0) is 45.3 Å². The van der Waals surface area contributed by atoms with Crippen LogP contribution in [0.15, 0.2) is 72.8 Å². The van der Waals surface area contributed by atoms with Crippen molar-refractivity contribution in [3.63, 3.8) is 0 Å². The van der Waals surface area contributed by atoms with Crippen LogP contribution in [0, 0.1) is 11.6 Å². The fraction of sp³-hybridized carbons (Fsp3) is 0.120. The van der Waals surface area contributed by atoms with Crippen molar-refractivity contribution in [3.05, 3.63) is 95.6 Å². The summed E-state index contributed by atoms with van der Waals surface area (Å²) in [7, 11) is 0. The molecule has 0 heterocycles. The summed E-state index contributed by atoms with van der Waals surface area (Å²) in [5, 5.41) is 15.9. The summed E-state index contributed by atoms with van der Waals surface area (Å²) < 4.78 is 27.7. The van der Waals surface area contributed by atoms with Crippen LogP contribution in [0.1, 0.15) is 11.1 Å². The number of hydrogen-bond donors (Lipinski definition) is 2. The minimum Gasteiger partial charge on any atom is -0.480 e. The average Bonchev–Trinajstić information content (AvgIpc) is 2.75. The Balaban J connectivity index is 1.66. The van der Waals surface area contributed by atoms with Gasteiger partial charge in [-0.1, -0.05) is 54.6 Å². The molecule has 4 aromatic carbocycles. The molecule has 31 heavy (non-hydrogen) atoms. The van der Waals surface area contributed by atoms with E-state index >= 15 is 0 Å².